The number of nitrogens with zero attached hydrogens (tertiary/aromatic N) is 5. The molecule has 0 radical (unpaired) electrons. The first-order valence-electron chi connectivity index (χ1n) is 11.2. The van der Waals surface area contributed by atoms with Crippen LogP contribution in [0.4, 0.5) is 0 Å². The van der Waals surface area contributed by atoms with Crippen LogP contribution in [0.15, 0.2) is 54.7 Å². The largest absolute Gasteiger partial charge is 0.337 e. The standard InChI is InChI=1S/C26H31N5O/c1-20-7-9-23(10-8-20)18-31-22(3)25(21(2)28-31)11-12-26(32)30-16-14-29(15-17-30)19-24-6-4-5-13-27-24/h4-13H,14-19H2,1-3H3/b12-11+. The van der Waals surface area contributed by atoms with Gasteiger partial charge in [-0.1, -0.05) is 35.9 Å². The summed E-state index contributed by atoms with van der Waals surface area (Å²) in [6.07, 6.45) is 5.44. The van der Waals surface area contributed by atoms with E-state index in [1.54, 1.807) is 6.08 Å². The molecule has 3 heterocycles. The first-order chi connectivity index (χ1) is 15.5. The maximum atomic E-state index is 12.8. The summed E-state index contributed by atoms with van der Waals surface area (Å²) < 4.78 is 2.01. The molecule has 0 aliphatic carbocycles. The van der Waals surface area contributed by atoms with Crippen molar-refractivity contribution in [2.75, 3.05) is 26.2 Å². The highest BCUT2D eigenvalue weighted by atomic mass is 16.2. The Morgan fingerprint density at radius 3 is 2.41 bits per heavy atom. The summed E-state index contributed by atoms with van der Waals surface area (Å²) >= 11 is 0. The minimum Gasteiger partial charge on any atom is -0.337 e. The number of carbonyl (C=O) groups excluding carboxylic acids is 1. The molecule has 4 rings (SSSR count). The average Bonchev–Trinajstić information content (AvgIpc) is 3.07. The third kappa shape index (κ3) is 5.32. The zero-order chi connectivity index (χ0) is 22.5. The van der Waals surface area contributed by atoms with E-state index in [9.17, 15) is 4.79 Å². The van der Waals surface area contributed by atoms with Gasteiger partial charge in [0.25, 0.3) is 0 Å². The molecule has 1 aliphatic rings. The van der Waals surface area contributed by atoms with Crippen LogP contribution in [0.1, 0.15) is 33.8 Å². The zero-order valence-electron chi connectivity index (χ0n) is 19.2. The number of carbonyl (C=O) groups is 1. The van der Waals surface area contributed by atoms with Gasteiger partial charge in [-0.3, -0.25) is 19.4 Å². The molecule has 0 atom stereocenters. The quantitative estimate of drug-likeness (QED) is 0.562. The Balaban J connectivity index is 1.34. The molecule has 6 heteroatoms. The molecule has 0 saturated carbocycles. The molecule has 0 N–H and O–H groups in total. The Morgan fingerprint density at radius 1 is 0.969 bits per heavy atom. The number of benzene rings is 1. The van der Waals surface area contributed by atoms with Crippen molar-refractivity contribution in [1.29, 1.82) is 0 Å². The number of rotatable bonds is 6. The van der Waals surface area contributed by atoms with Crippen molar-refractivity contribution in [3.05, 3.63) is 88.5 Å². The van der Waals surface area contributed by atoms with E-state index in [2.05, 4.69) is 48.0 Å². The first-order valence-corrected chi connectivity index (χ1v) is 11.2. The van der Waals surface area contributed by atoms with Gasteiger partial charge in [-0.25, -0.2) is 0 Å². The Labute approximate surface area is 190 Å². The van der Waals surface area contributed by atoms with Gasteiger partial charge in [0.1, 0.15) is 0 Å². The van der Waals surface area contributed by atoms with E-state index in [1.807, 2.05) is 47.0 Å². The van der Waals surface area contributed by atoms with E-state index in [1.165, 1.54) is 11.1 Å². The van der Waals surface area contributed by atoms with Gasteiger partial charge in [-0.2, -0.15) is 5.10 Å². The zero-order valence-corrected chi connectivity index (χ0v) is 19.2. The maximum absolute atomic E-state index is 12.8. The van der Waals surface area contributed by atoms with Crippen LogP contribution in [0.5, 0.6) is 0 Å². The van der Waals surface area contributed by atoms with Crippen LogP contribution in [-0.2, 0) is 17.9 Å². The number of amides is 1. The summed E-state index contributed by atoms with van der Waals surface area (Å²) in [7, 11) is 0. The van der Waals surface area contributed by atoms with E-state index in [-0.39, 0.29) is 5.91 Å². The van der Waals surface area contributed by atoms with Crippen molar-refractivity contribution in [2.45, 2.75) is 33.9 Å². The molecule has 3 aromatic rings. The Hall–Kier alpha value is -3.25. The second kappa shape index (κ2) is 9.92. The summed E-state index contributed by atoms with van der Waals surface area (Å²) in [6.45, 7) is 10.9. The molecular formula is C26H31N5O. The number of hydrogen-bond acceptors (Lipinski definition) is 4. The van der Waals surface area contributed by atoms with Crippen LogP contribution < -0.4 is 0 Å². The highest BCUT2D eigenvalue weighted by molar-refractivity contribution is 5.92. The summed E-state index contributed by atoms with van der Waals surface area (Å²) in [5, 5.41) is 4.70. The van der Waals surface area contributed by atoms with Crippen molar-refractivity contribution in [1.82, 2.24) is 24.6 Å². The van der Waals surface area contributed by atoms with E-state index in [4.69, 9.17) is 5.10 Å². The highest BCUT2D eigenvalue weighted by Gasteiger charge is 2.20. The topological polar surface area (TPSA) is 54.3 Å². The predicted molar refractivity (Wildman–Crippen MR) is 127 cm³/mol. The summed E-state index contributed by atoms with van der Waals surface area (Å²) in [6, 6.07) is 14.5. The molecule has 1 aliphatic heterocycles. The third-order valence-corrected chi connectivity index (χ3v) is 6.08. The van der Waals surface area contributed by atoms with Gasteiger partial charge >= 0.3 is 0 Å². The van der Waals surface area contributed by atoms with Crippen molar-refractivity contribution in [3.63, 3.8) is 0 Å². The van der Waals surface area contributed by atoms with Crippen molar-refractivity contribution >= 4 is 12.0 Å². The smallest absolute Gasteiger partial charge is 0.246 e. The lowest BCUT2D eigenvalue weighted by atomic mass is 10.1. The number of aryl methyl sites for hydroxylation is 2. The molecule has 1 amide bonds. The van der Waals surface area contributed by atoms with Crippen LogP contribution >= 0.6 is 0 Å². The minimum atomic E-state index is 0.0626. The molecule has 2 aromatic heterocycles. The van der Waals surface area contributed by atoms with Gasteiger partial charge in [0.2, 0.25) is 5.91 Å². The Bertz CT molecular complexity index is 1080. The molecule has 32 heavy (non-hydrogen) atoms. The number of aromatic nitrogens is 3. The molecule has 1 fully saturated rings. The van der Waals surface area contributed by atoms with Crippen LogP contribution in [0, 0.1) is 20.8 Å². The van der Waals surface area contributed by atoms with Gasteiger partial charge < -0.3 is 4.90 Å². The van der Waals surface area contributed by atoms with Gasteiger partial charge in [-0.05, 0) is 44.5 Å². The highest BCUT2D eigenvalue weighted by Crippen LogP contribution is 2.17. The number of pyridine rings is 1. The Kier molecular flexibility index (Phi) is 6.81. The van der Waals surface area contributed by atoms with E-state index < -0.39 is 0 Å². The van der Waals surface area contributed by atoms with Gasteiger partial charge in [0, 0.05) is 56.3 Å². The van der Waals surface area contributed by atoms with E-state index in [0.717, 1.165) is 61.9 Å². The fraction of sp³-hybridized carbons (Fsp3) is 0.346. The summed E-state index contributed by atoms with van der Waals surface area (Å²) in [5.74, 6) is 0.0626. The lowest BCUT2D eigenvalue weighted by Gasteiger charge is -2.34. The average molecular weight is 430 g/mol. The SMILES string of the molecule is Cc1ccc(Cn2nc(C)c(/C=C/C(=O)N3CCN(Cc4ccccn4)CC3)c2C)cc1. The van der Waals surface area contributed by atoms with Crippen molar-refractivity contribution in [3.8, 4) is 0 Å². The van der Waals surface area contributed by atoms with Gasteiger partial charge in [0.05, 0.1) is 17.9 Å². The predicted octanol–water partition coefficient (Wildman–Crippen LogP) is 3.61. The van der Waals surface area contributed by atoms with Crippen molar-refractivity contribution in [2.24, 2.45) is 0 Å². The molecule has 1 saturated heterocycles. The summed E-state index contributed by atoms with van der Waals surface area (Å²) in [5.41, 5.74) is 6.59. The Morgan fingerprint density at radius 2 is 1.72 bits per heavy atom. The van der Waals surface area contributed by atoms with Crippen molar-refractivity contribution < 1.29 is 4.79 Å². The molecular weight excluding hydrogens is 398 g/mol. The van der Waals surface area contributed by atoms with Gasteiger partial charge in [-0.15, -0.1) is 0 Å². The van der Waals surface area contributed by atoms with E-state index >= 15 is 0 Å². The molecule has 1 aromatic carbocycles. The maximum Gasteiger partial charge on any atom is 0.246 e. The summed E-state index contributed by atoms with van der Waals surface area (Å²) in [4.78, 5) is 21.4. The molecule has 166 valence electrons. The lowest BCUT2D eigenvalue weighted by Crippen LogP contribution is -2.47. The molecule has 0 bridgehead atoms. The number of piperazine rings is 1. The van der Waals surface area contributed by atoms with Gasteiger partial charge in [0.15, 0.2) is 0 Å². The lowest BCUT2D eigenvalue weighted by molar-refractivity contribution is -0.127. The fourth-order valence-corrected chi connectivity index (χ4v) is 4.08. The molecule has 0 unspecified atom stereocenters. The monoisotopic (exact) mass is 429 g/mol. The van der Waals surface area contributed by atoms with Crippen LogP contribution in [0.2, 0.25) is 0 Å². The van der Waals surface area contributed by atoms with Crippen LogP contribution in [0.25, 0.3) is 6.08 Å². The van der Waals surface area contributed by atoms with E-state index in [0.29, 0.717) is 0 Å². The second-order valence-corrected chi connectivity index (χ2v) is 8.48. The molecule has 0 spiro atoms. The first kappa shape index (κ1) is 22.0. The second-order valence-electron chi connectivity index (χ2n) is 8.48. The minimum absolute atomic E-state index is 0.0626. The van der Waals surface area contributed by atoms with Crippen LogP contribution in [0.3, 0.4) is 0 Å². The number of hydrogen-bond donors (Lipinski definition) is 0. The third-order valence-electron chi connectivity index (χ3n) is 6.08. The normalized spacial score (nSPS) is 14.9. The van der Waals surface area contributed by atoms with Crippen LogP contribution in [-0.4, -0.2) is 56.7 Å². The molecule has 6 nitrogen and oxygen atoms in total. The fourth-order valence-electron chi connectivity index (χ4n) is 4.08.